The van der Waals surface area contributed by atoms with Gasteiger partial charge < -0.3 is 10.4 Å². The summed E-state index contributed by atoms with van der Waals surface area (Å²) in [6, 6.07) is 21.6. The smallest absolute Gasteiger partial charge is 0.335 e. The van der Waals surface area contributed by atoms with Crippen LogP contribution in [0.5, 0.6) is 0 Å². The van der Waals surface area contributed by atoms with Crippen molar-refractivity contribution < 1.29 is 14.7 Å². The van der Waals surface area contributed by atoms with Crippen molar-refractivity contribution in [2.24, 2.45) is 0 Å². The summed E-state index contributed by atoms with van der Waals surface area (Å²) in [7, 11) is 0. The molecule has 1 aromatic heterocycles. The number of aromatic carboxylic acids is 1. The van der Waals surface area contributed by atoms with Gasteiger partial charge in [0.25, 0.3) is 11.5 Å². The van der Waals surface area contributed by atoms with Gasteiger partial charge >= 0.3 is 5.97 Å². The van der Waals surface area contributed by atoms with Crippen molar-refractivity contribution in [1.82, 2.24) is 14.7 Å². The van der Waals surface area contributed by atoms with Crippen molar-refractivity contribution in [1.29, 1.82) is 0 Å². The van der Waals surface area contributed by atoms with E-state index in [-0.39, 0.29) is 29.6 Å². The normalized spacial score (nSPS) is 14.2. The number of nitrogens with one attached hydrogen (secondary N) is 1. The molecule has 7 heteroatoms. The molecule has 4 aromatic rings. The maximum absolute atomic E-state index is 13.6. The van der Waals surface area contributed by atoms with Gasteiger partial charge in [0, 0.05) is 12.1 Å². The minimum absolute atomic E-state index is 0.129. The molecule has 35 heavy (non-hydrogen) atoms. The van der Waals surface area contributed by atoms with Gasteiger partial charge in [0.05, 0.1) is 28.2 Å². The molecular weight excluding hydrogens is 442 g/mol. The Morgan fingerprint density at radius 1 is 0.886 bits per heavy atom. The second-order valence-electron chi connectivity index (χ2n) is 9.01. The molecule has 0 saturated heterocycles. The van der Waals surface area contributed by atoms with Crippen LogP contribution in [0, 0.1) is 0 Å². The van der Waals surface area contributed by atoms with Crippen LogP contribution in [-0.4, -0.2) is 26.3 Å². The molecule has 178 valence electrons. The molecule has 1 amide bonds. The zero-order chi connectivity index (χ0) is 24.4. The number of aromatic nitrogens is 2. The van der Waals surface area contributed by atoms with Crippen LogP contribution in [0.1, 0.15) is 64.4 Å². The van der Waals surface area contributed by atoms with Crippen LogP contribution in [0.15, 0.2) is 77.6 Å². The molecule has 0 radical (unpaired) electrons. The summed E-state index contributed by atoms with van der Waals surface area (Å²) in [5.74, 6) is -1.28. The first-order valence-corrected chi connectivity index (χ1v) is 12.0. The Morgan fingerprint density at radius 2 is 1.57 bits per heavy atom. The minimum Gasteiger partial charge on any atom is -0.478 e. The van der Waals surface area contributed by atoms with Crippen molar-refractivity contribution in [3.8, 4) is 5.69 Å². The summed E-state index contributed by atoms with van der Waals surface area (Å²) < 4.78 is 3.88. The van der Waals surface area contributed by atoms with E-state index in [1.165, 1.54) is 18.6 Å². The third-order valence-corrected chi connectivity index (χ3v) is 6.72. The van der Waals surface area contributed by atoms with Crippen molar-refractivity contribution in [3.63, 3.8) is 0 Å². The SMILES string of the molecule is O=C(O)c1ccc(CNC(=O)c2ccc3c(c2)c(=O)n(-c2ccccc2)n3C2CCCCC2)cc1. The number of benzene rings is 3. The van der Waals surface area contributed by atoms with Crippen LogP contribution in [0.4, 0.5) is 0 Å². The van der Waals surface area contributed by atoms with E-state index in [0.717, 1.165) is 42.5 Å². The van der Waals surface area contributed by atoms with Gasteiger partial charge in [0.15, 0.2) is 0 Å². The maximum Gasteiger partial charge on any atom is 0.335 e. The lowest BCUT2D eigenvalue weighted by atomic mass is 9.95. The number of fused-ring (bicyclic) bond motifs is 1. The lowest BCUT2D eigenvalue weighted by Gasteiger charge is -2.26. The fraction of sp³-hybridized carbons (Fsp3) is 0.250. The summed E-state index contributed by atoms with van der Waals surface area (Å²) in [4.78, 5) is 37.5. The third-order valence-electron chi connectivity index (χ3n) is 6.72. The largest absolute Gasteiger partial charge is 0.478 e. The van der Waals surface area contributed by atoms with Gasteiger partial charge in [-0.15, -0.1) is 0 Å². The average molecular weight is 470 g/mol. The number of rotatable bonds is 6. The molecule has 1 aliphatic carbocycles. The highest BCUT2D eigenvalue weighted by atomic mass is 16.4. The minimum atomic E-state index is -0.991. The average Bonchev–Trinajstić information content (AvgIpc) is 3.20. The highest BCUT2D eigenvalue weighted by molar-refractivity contribution is 5.98. The molecule has 7 nitrogen and oxygen atoms in total. The van der Waals surface area contributed by atoms with Crippen molar-refractivity contribution in [2.75, 3.05) is 0 Å². The predicted octanol–water partition coefficient (Wildman–Crippen LogP) is 4.93. The highest BCUT2D eigenvalue weighted by Crippen LogP contribution is 2.31. The molecule has 2 N–H and O–H groups in total. The van der Waals surface area contributed by atoms with Crippen molar-refractivity contribution in [3.05, 3.63) is 99.8 Å². The highest BCUT2D eigenvalue weighted by Gasteiger charge is 2.24. The first-order valence-electron chi connectivity index (χ1n) is 12.0. The maximum atomic E-state index is 13.6. The summed E-state index contributed by atoms with van der Waals surface area (Å²) in [6.07, 6.45) is 5.55. The van der Waals surface area contributed by atoms with E-state index in [4.69, 9.17) is 5.11 Å². The number of carboxylic acids is 1. The Hall–Kier alpha value is -4.13. The van der Waals surface area contributed by atoms with Crippen LogP contribution in [0.2, 0.25) is 0 Å². The Morgan fingerprint density at radius 3 is 2.26 bits per heavy atom. The summed E-state index contributed by atoms with van der Waals surface area (Å²) in [5, 5.41) is 12.4. The number of carboxylic acid groups (broad SMARTS) is 1. The predicted molar refractivity (Wildman–Crippen MR) is 134 cm³/mol. The molecule has 0 atom stereocenters. The number of hydrogen-bond donors (Lipinski definition) is 2. The molecule has 0 bridgehead atoms. The van der Waals surface area contributed by atoms with E-state index in [1.54, 1.807) is 28.9 Å². The second-order valence-corrected chi connectivity index (χ2v) is 9.01. The van der Waals surface area contributed by atoms with Crippen LogP contribution >= 0.6 is 0 Å². The molecular formula is C28H27N3O4. The molecule has 1 fully saturated rings. The number of nitrogens with zero attached hydrogens (tertiary/aromatic N) is 2. The molecule has 3 aromatic carbocycles. The van der Waals surface area contributed by atoms with E-state index in [2.05, 4.69) is 10.00 Å². The number of carbonyl (C=O) groups is 2. The number of amides is 1. The molecule has 0 spiro atoms. The fourth-order valence-corrected chi connectivity index (χ4v) is 4.91. The van der Waals surface area contributed by atoms with Gasteiger partial charge in [0.2, 0.25) is 0 Å². The van der Waals surface area contributed by atoms with Gasteiger partial charge in [-0.1, -0.05) is 49.6 Å². The molecule has 1 saturated carbocycles. The van der Waals surface area contributed by atoms with E-state index in [1.807, 2.05) is 36.4 Å². The standard InChI is InChI=1S/C28H27N3O4/c32-26(29-18-19-11-13-20(14-12-19)28(34)35)21-15-16-25-24(17-21)27(33)31(23-9-5-2-6-10-23)30(25)22-7-3-1-4-8-22/h2,5-6,9-17,22H,1,3-4,7-8,18H2,(H,29,32)(H,34,35). The summed E-state index contributed by atoms with van der Waals surface area (Å²) in [5.41, 5.74) is 2.93. The Bertz CT molecular complexity index is 1430. The van der Waals surface area contributed by atoms with Gasteiger partial charge in [-0.25, -0.2) is 9.48 Å². The Balaban J connectivity index is 1.47. The van der Waals surface area contributed by atoms with E-state index < -0.39 is 5.97 Å². The number of carbonyl (C=O) groups excluding carboxylic acids is 1. The van der Waals surface area contributed by atoms with Crippen molar-refractivity contribution >= 4 is 22.8 Å². The van der Waals surface area contributed by atoms with E-state index >= 15 is 0 Å². The van der Waals surface area contributed by atoms with Crippen LogP contribution in [0.3, 0.4) is 0 Å². The van der Waals surface area contributed by atoms with Gasteiger partial charge in [-0.3, -0.25) is 14.3 Å². The van der Waals surface area contributed by atoms with Crippen LogP contribution in [0.25, 0.3) is 16.6 Å². The van der Waals surface area contributed by atoms with Gasteiger partial charge in [0.1, 0.15) is 0 Å². The van der Waals surface area contributed by atoms with Crippen molar-refractivity contribution in [2.45, 2.75) is 44.7 Å². The second kappa shape index (κ2) is 9.62. The Labute approximate surface area is 202 Å². The third kappa shape index (κ3) is 4.49. The topological polar surface area (TPSA) is 93.3 Å². The lowest BCUT2D eigenvalue weighted by Crippen LogP contribution is -2.25. The molecule has 5 rings (SSSR count). The number of para-hydroxylation sites is 1. The molecule has 1 aliphatic rings. The number of hydrogen-bond acceptors (Lipinski definition) is 3. The summed E-state index contributed by atoms with van der Waals surface area (Å²) >= 11 is 0. The fourth-order valence-electron chi connectivity index (χ4n) is 4.91. The monoisotopic (exact) mass is 469 g/mol. The molecule has 1 heterocycles. The first kappa shape index (κ1) is 22.7. The van der Waals surface area contributed by atoms with E-state index in [0.29, 0.717) is 10.9 Å². The van der Waals surface area contributed by atoms with Gasteiger partial charge in [-0.2, -0.15) is 0 Å². The molecule has 0 aliphatic heterocycles. The van der Waals surface area contributed by atoms with Crippen LogP contribution in [-0.2, 0) is 6.54 Å². The summed E-state index contributed by atoms with van der Waals surface area (Å²) in [6.45, 7) is 0.258. The van der Waals surface area contributed by atoms with E-state index in [9.17, 15) is 14.4 Å². The first-order chi connectivity index (χ1) is 17.0. The van der Waals surface area contributed by atoms with Crippen LogP contribution < -0.4 is 10.9 Å². The lowest BCUT2D eigenvalue weighted by molar-refractivity contribution is 0.0696. The zero-order valence-corrected chi connectivity index (χ0v) is 19.3. The Kier molecular flexibility index (Phi) is 6.23. The quantitative estimate of drug-likeness (QED) is 0.419. The zero-order valence-electron chi connectivity index (χ0n) is 19.3. The molecule has 0 unspecified atom stereocenters. The van der Waals surface area contributed by atoms with Gasteiger partial charge in [-0.05, 0) is 60.9 Å².